The number of pyridine rings is 1. The summed E-state index contributed by atoms with van der Waals surface area (Å²) in [6, 6.07) is 3.68. The van der Waals surface area contributed by atoms with Crippen LogP contribution in [0.3, 0.4) is 0 Å². The highest BCUT2D eigenvalue weighted by Gasteiger charge is 2.17. The third-order valence-electron chi connectivity index (χ3n) is 4.42. The van der Waals surface area contributed by atoms with Gasteiger partial charge < -0.3 is 20.1 Å². The number of carbonyl (C=O) groups is 1. The number of carbonyl (C=O) groups excluding carboxylic acids is 1. The summed E-state index contributed by atoms with van der Waals surface area (Å²) in [6.45, 7) is 2.67. The predicted octanol–water partition coefficient (Wildman–Crippen LogP) is 2.24. The topological polar surface area (TPSA) is 72.5 Å². The Balaban J connectivity index is 1.36. The van der Waals surface area contributed by atoms with Gasteiger partial charge in [-0.2, -0.15) is 0 Å². The van der Waals surface area contributed by atoms with Gasteiger partial charge in [0, 0.05) is 37.9 Å². The molecule has 1 atom stereocenters. The van der Waals surface area contributed by atoms with E-state index in [0.29, 0.717) is 31.0 Å². The molecule has 2 N–H and O–H groups in total. The molecule has 0 radical (unpaired) electrons. The fourth-order valence-electron chi connectivity index (χ4n) is 2.99. The van der Waals surface area contributed by atoms with Crippen molar-refractivity contribution in [2.24, 2.45) is 5.92 Å². The molecule has 6 heteroatoms. The molecule has 6 nitrogen and oxygen atoms in total. The largest absolute Gasteiger partial charge is 0.474 e. The molecule has 1 unspecified atom stereocenters. The van der Waals surface area contributed by atoms with Gasteiger partial charge in [-0.05, 0) is 37.7 Å². The number of aromatic nitrogens is 1. The lowest BCUT2D eigenvalue weighted by Crippen LogP contribution is -2.38. The Morgan fingerprint density at radius 2 is 2.13 bits per heavy atom. The Morgan fingerprint density at radius 1 is 1.26 bits per heavy atom. The van der Waals surface area contributed by atoms with Crippen LogP contribution in [0, 0.1) is 5.92 Å². The molecule has 2 amide bonds. The van der Waals surface area contributed by atoms with Crippen molar-refractivity contribution < 1.29 is 14.3 Å². The summed E-state index contributed by atoms with van der Waals surface area (Å²) in [7, 11) is 0. The van der Waals surface area contributed by atoms with Crippen molar-refractivity contribution in [2.75, 3.05) is 19.8 Å². The number of urea groups is 1. The lowest BCUT2D eigenvalue weighted by molar-refractivity contribution is 0.185. The van der Waals surface area contributed by atoms with Gasteiger partial charge in [-0.1, -0.05) is 6.07 Å². The molecule has 0 aromatic carbocycles. The average molecular weight is 319 g/mol. The van der Waals surface area contributed by atoms with E-state index >= 15 is 0 Å². The van der Waals surface area contributed by atoms with Crippen LogP contribution in [0.4, 0.5) is 4.79 Å². The SMILES string of the molecule is O=C(NCc1ccc(OC2CCCC2)nc1)NCC1CCOC1. The summed E-state index contributed by atoms with van der Waals surface area (Å²) in [6.07, 6.45) is 7.83. The molecule has 1 aromatic heterocycles. The van der Waals surface area contributed by atoms with Crippen molar-refractivity contribution in [3.8, 4) is 5.88 Å². The smallest absolute Gasteiger partial charge is 0.315 e. The third-order valence-corrected chi connectivity index (χ3v) is 4.42. The van der Waals surface area contributed by atoms with Gasteiger partial charge in [-0.15, -0.1) is 0 Å². The minimum absolute atomic E-state index is 0.150. The monoisotopic (exact) mass is 319 g/mol. The van der Waals surface area contributed by atoms with Crippen molar-refractivity contribution >= 4 is 6.03 Å². The average Bonchev–Trinajstić information content (AvgIpc) is 3.26. The van der Waals surface area contributed by atoms with Crippen molar-refractivity contribution in [3.63, 3.8) is 0 Å². The second-order valence-corrected chi connectivity index (χ2v) is 6.32. The summed E-state index contributed by atoms with van der Waals surface area (Å²) in [5.41, 5.74) is 0.961. The highest BCUT2D eigenvalue weighted by molar-refractivity contribution is 5.73. The number of rotatable bonds is 6. The van der Waals surface area contributed by atoms with Crippen molar-refractivity contribution in [1.29, 1.82) is 0 Å². The number of amides is 2. The standard InChI is InChI=1S/C17H25N3O3/c21-17(20-11-14-7-8-22-12-14)19-10-13-5-6-16(18-9-13)23-15-3-1-2-4-15/h5-6,9,14-15H,1-4,7-8,10-12H2,(H2,19,20,21). The lowest BCUT2D eigenvalue weighted by atomic mass is 10.1. The number of nitrogens with zero attached hydrogens (tertiary/aromatic N) is 1. The molecular weight excluding hydrogens is 294 g/mol. The highest BCUT2D eigenvalue weighted by Crippen LogP contribution is 2.22. The van der Waals surface area contributed by atoms with E-state index in [2.05, 4.69) is 15.6 Å². The van der Waals surface area contributed by atoms with Gasteiger partial charge in [0.1, 0.15) is 6.10 Å². The molecule has 1 aliphatic carbocycles. The first kappa shape index (κ1) is 16.1. The molecule has 2 aliphatic rings. The van der Waals surface area contributed by atoms with E-state index in [-0.39, 0.29) is 6.03 Å². The third kappa shape index (κ3) is 5.10. The van der Waals surface area contributed by atoms with Crippen LogP contribution < -0.4 is 15.4 Å². The van der Waals surface area contributed by atoms with Crippen molar-refractivity contribution in [1.82, 2.24) is 15.6 Å². The molecular formula is C17H25N3O3. The van der Waals surface area contributed by atoms with Gasteiger partial charge in [0.05, 0.1) is 6.61 Å². The molecule has 2 heterocycles. The minimum Gasteiger partial charge on any atom is -0.474 e. The molecule has 0 bridgehead atoms. The molecule has 1 saturated heterocycles. The summed E-state index contributed by atoms with van der Waals surface area (Å²) >= 11 is 0. The molecule has 1 aliphatic heterocycles. The van der Waals surface area contributed by atoms with Crippen LogP contribution in [-0.2, 0) is 11.3 Å². The van der Waals surface area contributed by atoms with E-state index in [1.54, 1.807) is 6.20 Å². The lowest BCUT2D eigenvalue weighted by Gasteiger charge is -2.13. The Morgan fingerprint density at radius 3 is 2.83 bits per heavy atom. The van der Waals surface area contributed by atoms with E-state index < -0.39 is 0 Å². The van der Waals surface area contributed by atoms with E-state index in [4.69, 9.17) is 9.47 Å². The normalized spacial score (nSPS) is 21.3. The fraction of sp³-hybridized carbons (Fsp3) is 0.647. The van der Waals surface area contributed by atoms with Gasteiger partial charge in [0.25, 0.3) is 0 Å². The van der Waals surface area contributed by atoms with Crippen LogP contribution in [0.15, 0.2) is 18.3 Å². The van der Waals surface area contributed by atoms with Crippen LogP contribution in [-0.4, -0.2) is 36.9 Å². The van der Waals surface area contributed by atoms with Gasteiger partial charge in [-0.25, -0.2) is 9.78 Å². The van der Waals surface area contributed by atoms with Gasteiger partial charge in [0.15, 0.2) is 0 Å². The molecule has 3 rings (SSSR count). The van der Waals surface area contributed by atoms with Crippen LogP contribution >= 0.6 is 0 Å². The summed E-state index contributed by atoms with van der Waals surface area (Å²) in [5.74, 6) is 1.11. The van der Waals surface area contributed by atoms with Crippen LogP contribution in [0.2, 0.25) is 0 Å². The van der Waals surface area contributed by atoms with E-state index in [1.165, 1.54) is 12.8 Å². The molecule has 2 fully saturated rings. The first-order valence-corrected chi connectivity index (χ1v) is 8.50. The maximum atomic E-state index is 11.8. The zero-order valence-electron chi connectivity index (χ0n) is 13.4. The second-order valence-electron chi connectivity index (χ2n) is 6.32. The van der Waals surface area contributed by atoms with E-state index in [1.807, 2.05) is 12.1 Å². The van der Waals surface area contributed by atoms with E-state index in [9.17, 15) is 4.79 Å². The fourth-order valence-corrected chi connectivity index (χ4v) is 2.99. The molecule has 126 valence electrons. The minimum atomic E-state index is -0.150. The predicted molar refractivity (Wildman–Crippen MR) is 86.3 cm³/mol. The van der Waals surface area contributed by atoms with Gasteiger partial charge in [-0.3, -0.25) is 0 Å². The number of hydrogen-bond donors (Lipinski definition) is 2. The number of hydrogen-bond acceptors (Lipinski definition) is 4. The first-order valence-electron chi connectivity index (χ1n) is 8.50. The Hall–Kier alpha value is -1.82. The molecule has 1 aromatic rings. The summed E-state index contributed by atoms with van der Waals surface area (Å²) in [4.78, 5) is 16.1. The Kier molecular flexibility index (Phi) is 5.69. The molecule has 23 heavy (non-hydrogen) atoms. The molecule has 0 spiro atoms. The molecule has 1 saturated carbocycles. The van der Waals surface area contributed by atoms with Gasteiger partial charge in [0.2, 0.25) is 5.88 Å². The maximum absolute atomic E-state index is 11.8. The zero-order chi connectivity index (χ0) is 15.9. The van der Waals surface area contributed by atoms with E-state index in [0.717, 1.165) is 38.0 Å². The van der Waals surface area contributed by atoms with Crippen molar-refractivity contribution in [2.45, 2.75) is 44.8 Å². The number of ether oxygens (including phenoxy) is 2. The Bertz CT molecular complexity index is 494. The van der Waals surface area contributed by atoms with Crippen LogP contribution in [0.25, 0.3) is 0 Å². The second kappa shape index (κ2) is 8.15. The number of nitrogens with one attached hydrogen (secondary N) is 2. The first-order chi connectivity index (χ1) is 11.3. The van der Waals surface area contributed by atoms with Crippen molar-refractivity contribution in [3.05, 3.63) is 23.9 Å². The zero-order valence-corrected chi connectivity index (χ0v) is 13.4. The summed E-state index contributed by atoms with van der Waals surface area (Å²) in [5, 5.41) is 5.72. The Labute approximate surface area is 137 Å². The van der Waals surface area contributed by atoms with Crippen LogP contribution in [0.1, 0.15) is 37.7 Å². The quantitative estimate of drug-likeness (QED) is 0.843. The highest BCUT2D eigenvalue weighted by atomic mass is 16.5. The van der Waals surface area contributed by atoms with Crippen LogP contribution in [0.5, 0.6) is 5.88 Å². The van der Waals surface area contributed by atoms with Gasteiger partial charge >= 0.3 is 6.03 Å². The maximum Gasteiger partial charge on any atom is 0.315 e. The summed E-state index contributed by atoms with van der Waals surface area (Å²) < 4.78 is 11.1.